The Morgan fingerprint density at radius 1 is 1.17 bits per heavy atom. The molecule has 3 aromatic rings. The molecule has 2 aromatic heterocycles. The van der Waals surface area contributed by atoms with Gasteiger partial charge in [-0.15, -0.1) is 0 Å². The standard InChI is InChI=1S/C18H18N4O/c1-13-4-8-15(9-5-13)22-18(21-10-2-3-11-21)16(12-19-22)17(23)20-14-6-7-14/h2-5,8-12,14H,6-7H2,1H3,(H,20,23). The van der Waals surface area contributed by atoms with Crippen LogP contribution in [-0.4, -0.2) is 26.3 Å². The average molecular weight is 306 g/mol. The zero-order chi connectivity index (χ0) is 15.8. The van der Waals surface area contributed by atoms with Gasteiger partial charge < -0.3 is 9.88 Å². The lowest BCUT2D eigenvalue weighted by atomic mass is 10.2. The molecule has 1 amide bonds. The molecule has 1 fully saturated rings. The molecule has 1 aliphatic carbocycles. The minimum Gasteiger partial charge on any atom is -0.349 e. The summed E-state index contributed by atoms with van der Waals surface area (Å²) in [6, 6.07) is 12.3. The fourth-order valence-corrected chi connectivity index (χ4v) is 2.59. The van der Waals surface area contributed by atoms with E-state index in [4.69, 9.17) is 0 Å². The van der Waals surface area contributed by atoms with Gasteiger partial charge in [-0.2, -0.15) is 5.10 Å². The van der Waals surface area contributed by atoms with E-state index < -0.39 is 0 Å². The van der Waals surface area contributed by atoms with Gasteiger partial charge in [0.25, 0.3) is 5.91 Å². The summed E-state index contributed by atoms with van der Waals surface area (Å²) >= 11 is 0. The zero-order valence-corrected chi connectivity index (χ0v) is 12.9. The van der Waals surface area contributed by atoms with Crippen LogP contribution in [0.5, 0.6) is 0 Å². The fourth-order valence-electron chi connectivity index (χ4n) is 2.59. The Kier molecular flexibility index (Phi) is 3.26. The smallest absolute Gasteiger partial charge is 0.256 e. The quantitative estimate of drug-likeness (QED) is 0.806. The number of carbonyl (C=O) groups is 1. The highest BCUT2D eigenvalue weighted by Crippen LogP contribution is 2.23. The van der Waals surface area contributed by atoms with Crippen LogP contribution in [0.1, 0.15) is 28.8 Å². The first-order valence-corrected chi connectivity index (χ1v) is 7.81. The fraction of sp³-hybridized carbons (Fsp3) is 0.222. The topological polar surface area (TPSA) is 51.9 Å². The van der Waals surface area contributed by atoms with Gasteiger partial charge in [-0.25, -0.2) is 4.68 Å². The van der Waals surface area contributed by atoms with Gasteiger partial charge in [0.05, 0.1) is 11.9 Å². The molecule has 1 aliphatic rings. The second-order valence-corrected chi connectivity index (χ2v) is 5.97. The highest BCUT2D eigenvalue weighted by Gasteiger charge is 2.27. The zero-order valence-electron chi connectivity index (χ0n) is 12.9. The van der Waals surface area contributed by atoms with Crippen LogP contribution in [0.4, 0.5) is 0 Å². The number of nitrogens with one attached hydrogen (secondary N) is 1. The van der Waals surface area contributed by atoms with Crippen LogP contribution in [0.3, 0.4) is 0 Å². The molecule has 116 valence electrons. The molecule has 0 aliphatic heterocycles. The van der Waals surface area contributed by atoms with E-state index in [9.17, 15) is 4.79 Å². The average Bonchev–Trinajstić information content (AvgIpc) is 3.05. The lowest BCUT2D eigenvalue weighted by molar-refractivity contribution is 0.0951. The van der Waals surface area contributed by atoms with Crippen LogP contribution >= 0.6 is 0 Å². The molecule has 5 heteroatoms. The van der Waals surface area contributed by atoms with E-state index >= 15 is 0 Å². The SMILES string of the molecule is Cc1ccc(-n2ncc(C(=O)NC3CC3)c2-n2cccc2)cc1. The molecular weight excluding hydrogens is 288 g/mol. The Labute approximate surface area is 134 Å². The van der Waals surface area contributed by atoms with Gasteiger partial charge >= 0.3 is 0 Å². The maximum Gasteiger partial charge on any atom is 0.256 e. The van der Waals surface area contributed by atoms with E-state index in [1.165, 1.54) is 5.56 Å². The highest BCUT2D eigenvalue weighted by molar-refractivity contribution is 5.97. The number of benzene rings is 1. The largest absolute Gasteiger partial charge is 0.349 e. The second kappa shape index (κ2) is 5.43. The lowest BCUT2D eigenvalue weighted by Gasteiger charge is -2.11. The Morgan fingerprint density at radius 2 is 1.87 bits per heavy atom. The molecule has 0 radical (unpaired) electrons. The summed E-state index contributed by atoms with van der Waals surface area (Å²) in [7, 11) is 0. The molecule has 23 heavy (non-hydrogen) atoms. The Morgan fingerprint density at radius 3 is 2.52 bits per heavy atom. The monoisotopic (exact) mass is 306 g/mol. The van der Waals surface area contributed by atoms with Crippen LogP contribution in [0.15, 0.2) is 55.0 Å². The van der Waals surface area contributed by atoms with E-state index in [-0.39, 0.29) is 5.91 Å². The molecule has 0 bridgehead atoms. The lowest BCUT2D eigenvalue weighted by Crippen LogP contribution is -2.26. The number of nitrogens with zero attached hydrogens (tertiary/aromatic N) is 3. The van der Waals surface area contributed by atoms with Crippen molar-refractivity contribution in [2.75, 3.05) is 0 Å². The molecule has 0 unspecified atom stereocenters. The summed E-state index contributed by atoms with van der Waals surface area (Å²) in [5.74, 6) is 0.701. The Balaban J connectivity index is 1.81. The molecule has 1 N–H and O–H groups in total. The van der Waals surface area contributed by atoms with Crippen molar-refractivity contribution < 1.29 is 4.79 Å². The summed E-state index contributed by atoms with van der Waals surface area (Å²) in [5.41, 5.74) is 2.72. The molecule has 2 heterocycles. The summed E-state index contributed by atoms with van der Waals surface area (Å²) in [6.07, 6.45) is 7.63. The number of hydrogen-bond donors (Lipinski definition) is 1. The maximum absolute atomic E-state index is 12.5. The molecule has 4 rings (SSSR count). The van der Waals surface area contributed by atoms with Crippen molar-refractivity contribution in [2.24, 2.45) is 0 Å². The van der Waals surface area contributed by atoms with Crippen molar-refractivity contribution in [1.29, 1.82) is 0 Å². The molecule has 0 spiro atoms. The number of carbonyl (C=O) groups excluding carboxylic acids is 1. The third-order valence-corrected chi connectivity index (χ3v) is 4.03. The second-order valence-electron chi connectivity index (χ2n) is 5.97. The number of amides is 1. The van der Waals surface area contributed by atoms with E-state index in [1.807, 2.05) is 60.3 Å². The van der Waals surface area contributed by atoms with Gasteiger partial charge in [-0.3, -0.25) is 4.79 Å². The first kappa shape index (κ1) is 13.8. The molecule has 5 nitrogen and oxygen atoms in total. The first-order valence-electron chi connectivity index (χ1n) is 7.81. The minimum absolute atomic E-state index is 0.0606. The normalized spacial score (nSPS) is 14.0. The molecule has 1 saturated carbocycles. The summed E-state index contributed by atoms with van der Waals surface area (Å²) < 4.78 is 3.73. The van der Waals surface area contributed by atoms with E-state index in [0.29, 0.717) is 11.6 Å². The van der Waals surface area contributed by atoms with Crippen LogP contribution in [0.25, 0.3) is 11.5 Å². The van der Waals surface area contributed by atoms with Crippen molar-refractivity contribution in [2.45, 2.75) is 25.8 Å². The number of aromatic nitrogens is 3. The van der Waals surface area contributed by atoms with Gasteiger partial charge in [0.1, 0.15) is 5.56 Å². The van der Waals surface area contributed by atoms with Crippen molar-refractivity contribution in [3.8, 4) is 11.5 Å². The highest BCUT2D eigenvalue weighted by atomic mass is 16.1. The van der Waals surface area contributed by atoms with Crippen LogP contribution in [0.2, 0.25) is 0 Å². The summed E-state index contributed by atoms with van der Waals surface area (Å²) in [5, 5.41) is 7.50. The van der Waals surface area contributed by atoms with Gasteiger partial charge in [0.15, 0.2) is 5.82 Å². The molecular formula is C18H18N4O. The van der Waals surface area contributed by atoms with Gasteiger partial charge in [-0.05, 0) is 44.0 Å². The minimum atomic E-state index is -0.0606. The first-order chi connectivity index (χ1) is 11.2. The van der Waals surface area contributed by atoms with E-state index in [0.717, 1.165) is 24.3 Å². The van der Waals surface area contributed by atoms with Crippen molar-refractivity contribution >= 4 is 5.91 Å². The predicted molar refractivity (Wildman–Crippen MR) is 88.1 cm³/mol. The third kappa shape index (κ3) is 2.65. The van der Waals surface area contributed by atoms with E-state index in [1.54, 1.807) is 10.9 Å². The van der Waals surface area contributed by atoms with Gasteiger partial charge in [-0.1, -0.05) is 17.7 Å². The van der Waals surface area contributed by atoms with Crippen LogP contribution in [-0.2, 0) is 0 Å². The van der Waals surface area contributed by atoms with Crippen molar-refractivity contribution in [1.82, 2.24) is 19.7 Å². The van der Waals surface area contributed by atoms with Crippen LogP contribution in [0, 0.1) is 6.92 Å². The van der Waals surface area contributed by atoms with Crippen LogP contribution < -0.4 is 5.32 Å². The molecule has 0 atom stereocenters. The summed E-state index contributed by atoms with van der Waals surface area (Å²) in [4.78, 5) is 12.5. The summed E-state index contributed by atoms with van der Waals surface area (Å²) in [6.45, 7) is 2.05. The van der Waals surface area contributed by atoms with Crippen molar-refractivity contribution in [3.63, 3.8) is 0 Å². The van der Waals surface area contributed by atoms with E-state index in [2.05, 4.69) is 10.4 Å². The maximum atomic E-state index is 12.5. The third-order valence-electron chi connectivity index (χ3n) is 4.03. The predicted octanol–water partition coefficient (Wildman–Crippen LogP) is 2.86. The van der Waals surface area contributed by atoms with Gasteiger partial charge in [0.2, 0.25) is 0 Å². The molecule has 1 aromatic carbocycles. The van der Waals surface area contributed by atoms with Crippen molar-refractivity contribution in [3.05, 3.63) is 66.1 Å². The number of rotatable bonds is 4. The number of aryl methyl sites for hydroxylation is 1. The molecule has 0 saturated heterocycles. The van der Waals surface area contributed by atoms with Gasteiger partial charge in [0, 0.05) is 18.4 Å². The Bertz CT molecular complexity index is 827. The number of hydrogen-bond acceptors (Lipinski definition) is 2. The Hall–Kier alpha value is -2.82.